The minimum atomic E-state index is -3.73. The molecule has 1 unspecified atom stereocenters. The zero-order chi connectivity index (χ0) is 24.8. The van der Waals surface area contributed by atoms with Gasteiger partial charge in [0.1, 0.15) is 0 Å². The summed E-state index contributed by atoms with van der Waals surface area (Å²) in [4.78, 5) is 31.0. The standard InChI is InChI=1S/C27H29N3O4S/c1-20(31)22-10-12-25(13-11-22)35(33,34)29-19-21-6-8-24(9-7-21)27(32)30-18-4-2-3-5-26(30)23-14-16-28-17-15-23/h6-17,26,29H,2-5,18-19H2,1H3. The summed E-state index contributed by atoms with van der Waals surface area (Å²) in [6.07, 6.45) is 7.59. The van der Waals surface area contributed by atoms with Crippen molar-refractivity contribution < 1.29 is 18.0 Å². The Morgan fingerprint density at radius 2 is 1.57 bits per heavy atom. The normalized spacial score (nSPS) is 16.5. The predicted molar refractivity (Wildman–Crippen MR) is 133 cm³/mol. The van der Waals surface area contributed by atoms with Gasteiger partial charge in [-0.15, -0.1) is 0 Å². The number of likely N-dealkylation sites (tertiary alicyclic amines) is 1. The van der Waals surface area contributed by atoms with Gasteiger partial charge in [-0.3, -0.25) is 14.6 Å². The van der Waals surface area contributed by atoms with E-state index in [1.807, 2.05) is 17.0 Å². The average Bonchev–Trinajstić information content (AvgIpc) is 3.14. The molecule has 1 N–H and O–H groups in total. The Bertz CT molecular complexity index is 1270. The summed E-state index contributed by atoms with van der Waals surface area (Å²) in [6.45, 7) is 2.23. The Labute approximate surface area is 206 Å². The second kappa shape index (κ2) is 10.9. The molecule has 1 atom stereocenters. The van der Waals surface area contributed by atoms with Crippen molar-refractivity contribution in [2.75, 3.05) is 6.54 Å². The van der Waals surface area contributed by atoms with Gasteiger partial charge >= 0.3 is 0 Å². The lowest BCUT2D eigenvalue weighted by Crippen LogP contribution is -2.34. The summed E-state index contributed by atoms with van der Waals surface area (Å²) in [5.74, 6) is -0.143. The fourth-order valence-electron chi connectivity index (χ4n) is 4.35. The van der Waals surface area contributed by atoms with Gasteiger partial charge in [-0.05, 0) is 67.3 Å². The molecule has 1 aliphatic rings. The van der Waals surface area contributed by atoms with E-state index < -0.39 is 10.0 Å². The lowest BCUT2D eigenvalue weighted by Gasteiger charge is -2.30. The number of benzene rings is 2. The zero-order valence-electron chi connectivity index (χ0n) is 19.7. The molecule has 0 spiro atoms. The fraction of sp³-hybridized carbons (Fsp3) is 0.296. The van der Waals surface area contributed by atoms with E-state index in [1.54, 1.807) is 36.7 Å². The Morgan fingerprint density at radius 3 is 2.23 bits per heavy atom. The van der Waals surface area contributed by atoms with E-state index >= 15 is 0 Å². The smallest absolute Gasteiger partial charge is 0.254 e. The number of rotatable bonds is 7. The van der Waals surface area contributed by atoms with Gasteiger partial charge in [0.2, 0.25) is 10.0 Å². The van der Waals surface area contributed by atoms with E-state index in [0.29, 0.717) is 17.7 Å². The SMILES string of the molecule is CC(=O)c1ccc(S(=O)(=O)NCc2ccc(C(=O)N3CCCCCC3c3ccncc3)cc2)cc1. The molecule has 0 bridgehead atoms. The first kappa shape index (κ1) is 24.8. The quantitative estimate of drug-likeness (QED) is 0.490. The largest absolute Gasteiger partial charge is 0.332 e. The highest BCUT2D eigenvalue weighted by atomic mass is 32.2. The van der Waals surface area contributed by atoms with E-state index in [-0.39, 0.29) is 29.2 Å². The van der Waals surface area contributed by atoms with E-state index in [2.05, 4.69) is 9.71 Å². The second-order valence-electron chi connectivity index (χ2n) is 8.75. The molecule has 182 valence electrons. The molecule has 2 aromatic carbocycles. The molecule has 7 nitrogen and oxygen atoms in total. The number of hydrogen-bond donors (Lipinski definition) is 1. The van der Waals surface area contributed by atoms with E-state index in [1.165, 1.54) is 31.2 Å². The number of nitrogens with zero attached hydrogens (tertiary/aromatic N) is 2. The Kier molecular flexibility index (Phi) is 7.73. The summed E-state index contributed by atoms with van der Waals surface area (Å²) in [5.41, 5.74) is 2.88. The lowest BCUT2D eigenvalue weighted by atomic mass is 10.0. The number of carbonyl (C=O) groups is 2. The van der Waals surface area contributed by atoms with Crippen LogP contribution in [0.2, 0.25) is 0 Å². The minimum Gasteiger partial charge on any atom is -0.332 e. The topological polar surface area (TPSA) is 96.4 Å². The highest BCUT2D eigenvalue weighted by Crippen LogP contribution is 2.31. The first-order chi connectivity index (χ1) is 16.8. The van der Waals surface area contributed by atoms with Crippen LogP contribution in [0, 0.1) is 0 Å². The van der Waals surface area contributed by atoms with Crippen LogP contribution in [-0.2, 0) is 16.6 Å². The number of sulfonamides is 1. The number of carbonyl (C=O) groups excluding carboxylic acids is 2. The number of amides is 1. The van der Waals surface area contributed by atoms with Crippen molar-refractivity contribution in [3.05, 3.63) is 95.3 Å². The van der Waals surface area contributed by atoms with Crippen LogP contribution in [0.1, 0.15) is 70.5 Å². The predicted octanol–water partition coefficient (Wildman–Crippen LogP) is 4.52. The van der Waals surface area contributed by atoms with Gasteiger partial charge in [0.15, 0.2) is 5.78 Å². The fourth-order valence-corrected chi connectivity index (χ4v) is 5.36. The van der Waals surface area contributed by atoms with Gasteiger partial charge < -0.3 is 4.90 Å². The average molecular weight is 492 g/mol. The Balaban J connectivity index is 1.44. The maximum atomic E-state index is 13.4. The summed E-state index contributed by atoms with van der Waals surface area (Å²) in [7, 11) is -3.73. The molecule has 1 aromatic heterocycles. The van der Waals surface area contributed by atoms with Crippen LogP contribution < -0.4 is 4.72 Å². The summed E-state index contributed by atoms with van der Waals surface area (Å²) >= 11 is 0. The minimum absolute atomic E-state index is 0.0218. The molecule has 0 aliphatic carbocycles. The number of pyridine rings is 1. The molecule has 1 saturated heterocycles. The molecule has 0 radical (unpaired) electrons. The molecule has 1 fully saturated rings. The third-order valence-corrected chi connectivity index (χ3v) is 7.76. The Morgan fingerprint density at radius 1 is 0.914 bits per heavy atom. The molecule has 1 aliphatic heterocycles. The van der Waals surface area contributed by atoms with Gasteiger partial charge in [0.25, 0.3) is 5.91 Å². The molecule has 4 rings (SSSR count). The summed E-state index contributed by atoms with van der Waals surface area (Å²) in [5, 5.41) is 0. The Hall–Kier alpha value is -3.36. The molecule has 1 amide bonds. The van der Waals surface area contributed by atoms with Crippen molar-refractivity contribution in [1.29, 1.82) is 0 Å². The van der Waals surface area contributed by atoms with Crippen LogP contribution in [0.25, 0.3) is 0 Å². The zero-order valence-corrected chi connectivity index (χ0v) is 20.5. The third-order valence-electron chi connectivity index (χ3n) is 6.34. The van der Waals surface area contributed by atoms with Crippen molar-refractivity contribution in [1.82, 2.24) is 14.6 Å². The monoisotopic (exact) mass is 491 g/mol. The maximum Gasteiger partial charge on any atom is 0.254 e. The highest BCUT2D eigenvalue weighted by molar-refractivity contribution is 7.89. The van der Waals surface area contributed by atoms with Crippen molar-refractivity contribution in [2.45, 2.75) is 50.1 Å². The van der Waals surface area contributed by atoms with E-state index in [4.69, 9.17) is 0 Å². The molecule has 8 heteroatoms. The number of nitrogens with one attached hydrogen (secondary N) is 1. The van der Waals surface area contributed by atoms with Gasteiger partial charge in [-0.2, -0.15) is 0 Å². The number of aromatic nitrogens is 1. The molecule has 3 aromatic rings. The van der Waals surface area contributed by atoms with Gasteiger partial charge in [0.05, 0.1) is 10.9 Å². The number of Topliss-reactive ketones (excluding diaryl/α,β-unsaturated/α-hetero) is 1. The van der Waals surface area contributed by atoms with E-state index in [0.717, 1.165) is 36.8 Å². The van der Waals surface area contributed by atoms with Crippen LogP contribution in [0.15, 0.2) is 78.0 Å². The first-order valence-electron chi connectivity index (χ1n) is 11.8. The first-order valence-corrected chi connectivity index (χ1v) is 13.2. The highest BCUT2D eigenvalue weighted by Gasteiger charge is 2.27. The summed E-state index contributed by atoms with van der Waals surface area (Å²) in [6, 6.07) is 16.8. The van der Waals surface area contributed by atoms with Gasteiger partial charge in [0, 0.05) is 36.6 Å². The van der Waals surface area contributed by atoms with Gasteiger partial charge in [-0.25, -0.2) is 13.1 Å². The van der Waals surface area contributed by atoms with Crippen molar-refractivity contribution in [3.63, 3.8) is 0 Å². The number of ketones is 1. The van der Waals surface area contributed by atoms with Crippen LogP contribution >= 0.6 is 0 Å². The van der Waals surface area contributed by atoms with Crippen molar-refractivity contribution >= 4 is 21.7 Å². The molecular weight excluding hydrogens is 462 g/mol. The van der Waals surface area contributed by atoms with E-state index in [9.17, 15) is 18.0 Å². The van der Waals surface area contributed by atoms with Gasteiger partial charge in [-0.1, -0.05) is 37.1 Å². The third kappa shape index (κ3) is 6.01. The van der Waals surface area contributed by atoms with Crippen molar-refractivity contribution in [3.8, 4) is 0 Å². The van der Waals surface area contributed by atoms with Crippen LogP contribution in [-0.4, -0.2) is 36.5 Å². The lowest BCUT2D eigenvalue weighted by molar-refractivity contribution is 0.0680. The number of hydrogen-bond acceptors (Lipinski definition) is 5. The summed E-state index contributed by atoms with van der Waals surface area (Å²) < 4.78 is 27.8. The molecule has 2 heterocycles. The van der Waals surface area contributed by atoms with Crippen molar-refractivity contribution in [2.24, 2.45) is 0 Å². The van der Waals surface area contributed by atoms with Crippen LogP contribution in [0.5, 0.6) is 0 Å². The molecule has 35 heavy (non-hydrogen) atoms. The second-order valence-corrected chi connectivity index (χ2v) is 10.5. The van der Waals surface area contributed by atoms with Crippen LogP contribution in [0.4, 0.5) is 0 Å². The molecule has 0 saturated carbocycles. The molecular formula is C27H29N3O4S. The van der Waals surface area contributed by atoms with Crippen LogP contribution in [0.3, 0.4) is 0 Å². The maximum absolute atomic E-state index is 13.4.